The van der Waals surface area contributed by atoms with E-state index in [1.54, 1.807) is 13.2 Å². The monoisotopic (exact) mass is 444 g/mol. The predicted molar refractivity (Wildman–Crippen MR) is 124 cm³/mol. The molecule has 0 bridgehead atoms. The molecule has 0 spiro atoms. The molecule has 2 heterocycles. The summed E-state index contributed by atoms with van der Waals surface area (Å²) in [7, 11) is 1.61. The number of aromatic nitrogens is 2. The summed E-state index contributed by atoms with van der Waals surface area (Å²) in [6, 6.07) is 14.1. The summed E-state index contributed by atoms with van der Waals surface area (Å²) < 4.78 is 5.32. The molecule has 33 heavy (non-hydrogen) atoms. The Bertz CT molecular complexity index is 1300. The summed E-state index contributed by atoms with van der Waals surface area (Å²) in [4.78, 5) is 24.4. The first-order valence-electron chi connectivity index (χ1n) is 10.8. The Morgan fingerprint density at radius 1 is 1.15 bits per heavy atom. The third-order valence-corrected chi connectivity index (χ3v) is 6.37. The molecule has 0 radical (unpaired) electrons. The van der Waals surface area contributed by atoms with Gasteiger partial charge in [-0.1, -0.05) is 38.1 Å². The van der Waals surface area contributed by atoms with E-state index in [2.05, 4.69) is 29.4 Å². The molecule has 2 aromatic carbocycles. The van der Waals surface area contributed by atoms with Crippen molar-refractivity contribution in [3.63, 3.8) is 0 Å². The number of rotatable bonds is 4. The number of fused-ring (bicyclic) bond motifs is 1. The van der Waals surface area contributed by atoms with Crippen molar-refractivity contribution < 1.29 is 14.5 Å². The largest absolute Gasteiger partial charge is 0.497 e. The van der Waals surface area contributed by atoms with Crippen LogP contribution in [-0.2, 0) is 4.79 Å². The van der Waals surface area contributed by atoms with E-state index in [-0.39, 0.29) is 22.8 Å². The lowest BCUT2D eigenvalue weighted by Crippen LogP contribution is -2.33. The quantitative estimate of drug-likeness (QED) is 0.423. The van der Waals surface area contributed by atoms with Crippen molar-refractivity contribution in [1.82, 2.24) is 10.2 Å². The van der Waals surface area contributed by atoms with Gasteiger partial charge in [0, 0.05) is 46.9 Å². The first kappa shape index (κ1) is 20.9. The van der Waals surface area contributed by atoms with Crippen molar-refractivity contribution in [2.24, 2.45) is 5.41 Å². The van der Waals surface area contributed by atoms with Crippen LogP contribution in [0.3, 0.4) is 0 Å². The van der Waals surface area contributed by atoms with E-state index in [1.807, 2.05) is 30.3 Å². The number of ketones is 1. The summed E-state index contributed by atoms with van der Waals surface area (Å²) in [5, 5.41) is 22.3. The molecule has 0 fully saturated rings. The van der Waals surface area contributed by atoms with E-state index in [0.717, 1.165) is 34.6 Å². The average Bonchev–Trinajstić information content (AvgIpc) is 3.20. The van der Waals surface area contributed by atoms with Crippen molar-refractivity contribution in [1.29, 1.82) is 0 Å². The molecule has 1 aliphatic carbocycles. The molecular formula is C25H24N4O4. The number of Topliss-reactive ketones (excluding diaryl/α,β-unsaturated/α-hetero) is 1. The molecule has 3 aromatic rings. The number of anilines is 1. The molecule has 1 aromatic heterocycles. The second-order valence-corrected chi connectivity index (χ2v) is 9.33. The molecule has 8 heteroatoms. The Morgan fingerprint density at radius 3 is 2.61 bits per heavy atom. The van der Waals surface area contributed by atoms with E-state index in [0.29, 0.717) is 23.5 Å². The molecule has 1 atom stereocenters. The van der Waals surface area contributed by atoms with E-state index in [9.17, 15) is 14.9 Å². The van der Waals surface area contributed by atoms with Gasteiger partial charge in [-0.15, -0.1) is 0 Å². The SMILES string of the molecule is COc1ccc([C@H]2C3=C(CC(C)(C)CC3=O)Nc3n[nH]c(-c4cccc([N+](=O)[O-])c4)c32)cc1. The van der Waals surface area contributed by atoms with Gasteiger partial charge >= 0.3 is 0 Å². The molecule has 0 unspecified atom stereocenters. The number of nitrogens with one attached hydrogen (secondary N) is 2. The fourth-order valence-electron chi connectivity index (χ4n) is 4.92. The third kappa shape index (κ3) is 3.57. The maximum absolute atomic E-state index is 13.4. The highest BCUT2D eigenvalue weighted by Gasteiger charge is 2.42. The number of allylic oxidation sites excluding steroid dienone is 2. The van der Waals surface area contributed by atoms with Crippen LogP contribution in [-0.4, -0.2) is 28.0 Å². The van der Waals surface area contributed by atoms with E-state index < -0.39 is 4.92 Å². The van der Waals surface area contributed by atoms with Crippen LogP contribution in [0.2, 0.25) is 0 Å². The van der Waals surface area contributed by atoms with Crippen molar-refractivity contribution in [3.8, 4) is 17.0 Å². The molecule has 168 valence electrons. The number of nitrogens with zero attached hydrogens (tertiary/aromatic N) is 2. The van der Waals surface area contributed by atoms with Gasteiger partial charge in [-0.05, 0) is 29.5 Å². The molecule has 8 nitrogen and oxygen atoms in total. The van der Waals surface area contributed by atoms with Gasteiger partial charge in [0.1, 0.15) is 5.75 Å². The van der Waals surface area contributed by atoms with Gasteiger partial charge in [0.25, 0.3) is 5.69 Å². The normalized spacial score (nSPS) is 18.9. The maximum atomic E-state index is 13.4. The Morgan fingerprint density at radius 2 is 1.91 bits per heavy atom. The van der Waals surface area contributed by atoms with Crippen LogP contribution in [0.15, 0.2) is 59.8 Å². The predicted octanol–water partition coefficient (Wildman–Crippen LogP) is 5.19. The Kier molecular flexibility index (Phi) is 4.81. The number of methoxy groups -OCH3 is 1. The van der Waals surface area contributed by atoms with Gasteiger partial charge in [-0.3, -0.25) is 20.0 Å². The number of aromatic amines is 1. The van der Waals surface area contributed by atoms with Crippen LogP contribution >= 0.6 is 0 Å². The highest BCUT2D eigenvalue weighted by Crippen LogP contribution is 2.51. The van der Waals surface area contributed by atoms with E-state index in [1.165, 1.54) is 12.1 Å². The second kappa shape index (κ2) is 7.58. The number of carbonyl (C=O) groups is 1. The number of ether oxygens (including phenoxy) is 1. The Balaban J connectivity index is 1.72. The molecule has 0 saturated carbocycles. The number of nitro benzene ring substituents is 1. The van der Waals surface area contributed by atoms with Gasteiger partial charge in [-0.2, -0.15) is 5.10 Å². The number of carbonyl (C=O) groups excluding carboxylic acids is 1. The summed E-state index contributed by atoms with van der Waals surface area (Å²) in [5.74, 6) is 1.12. The molecule has 0 amide bonds. The van der Waals surface area contributed by atoms with Crippen molar-refractivity contribution in [2.45, 2.75) is 32.6 Å². The van der Waals surface area contributed by atoms with Crippen molar-refractivity contribution >= 4 is 17.3 Å². The minimum atomic E-state index is -0.418. The number of hydrogen-bond acceptors (Lipinski definition) is 6. The van der Waals surface area contributed by atoms with Crippen LogP contribution in [0.25, 0.3) is 11.3 Å². The minimum Gasteiger partial charge on any atom is -0.497 e. The van der Waals surface area contributed by atoms with Gasteiger partial charge in [0.05, 0.1) is 17.7 Å². The van der Waals surface area contributed by atoms with Crippen LogP contribution in [0.5, 0.6) is 5.75 Å². The summed E-state index contributed by atoms with van der Waals surface area (Å²) in [6.07, 6.45) is 1.19. The number of non-ortho nitro benzene ring substituents is 1. The highest BCUT2D eigenvalue weighted by molar-refractivity contribution is 6.02. The first-order valence-corrected chi connectivity index (χ1v) is 10.8. The fourth-order valence-corrected chi connectivity index (χ4v) is 4.92. The van der Waals surface area contributed by atoms with E-state index in [4.69, 9.17) is 4.74 Å². The smallest absolute Gasteiger partial charge is 0.270 e. The summed E-state index contributed by atoms with van der Waals surface area (Å²) in [5.41, 5.74) is 4.53. The van der Waals surface area contributed by atoms with Gasteiger partial charge in [0.15, 0.2) is 11.6 Å². The van der Waals surface area contributed by atoms with Crippen molar-refractivity contribution in [3.05, 3.63) is 81.0 Å². The third-order valence-electron chi connectivity index (χ3n) is 6.37. The fraction of sp³-hybridized carbons (Fsp3) is 0.280. The topological polar surface area (TPSA) is 110 Å². The maximum Gasteiger partial charge on any atom is 0.270 e. The molecule has 0 saturated heterocycles. The lowest BCUT2D eigenvalue weighted by Gasteiger charge is -2.38. The Hall–Kier alpha value is -3.94. The lowest BCUT2D eigenvalue weighted by atomic mass is 9.69. The molecule has 2 N–H and O–H groups in total. The van der Waals surface area contributed by atoms with Crippen LogP contribution in [0.1, 0.15) is 43.7 Å². The van der Waals surface area contributed by atoms with Gasteiger partial charge < -0.3 is 10.1 Å². The number of H-pyrrole nitrogens is 1. The number of nitro groups is 1. The number of hydrogen-bond donors (Lipinski definition) is 2. The molecule has 1 aliphatic heterocycles. The molecular weight excluding hydrogens is 420 g/mol. The highest BCUT2D eigenvalue weighted by atomic mass is 16.6. The Labute approximate surface area is 190 Å². The second-order valence-electron chi connectivity index (χ2n) is 9.33. The zero-order chi connectivity index (χ0) is 23.3. The number of benzene rings is 2. The van der Waals surface area contributed by atoms with Crippen LogP contribution in [0, 0.1) is 15.5 Å². The lowest BCUT2D eigenvalue weighted by molar-refractivity contribution is -0.384. The molecule has 2 aliphatic rings. The average molecular weight is 444 g/mol. The van der Waals surface area contributed by atoms with Gasteiger partial charge in [0.2, 0.25) is 0 Å². The standard InChI is InChI=1S/C25H24N4O4/c1-25(2)12-18-21(19(30)13-25)20(14-7-9-17(33-3)10-8-14)22-23(27-28-24(22)26-18)15-5-4-6-16(11-15)29(31)32/h4-11,20H,12-13H2,1-3H3,(H2,26,27,28)/t20-/m0/s1. The van der Waals surface area contributed by atoms with Crippen LogP contribution in [0.4, 0.5) is 11.5 Å². The van der Waals surface area contributed by atoms with Gasteiger partial charge in [-0.25, -0.2) is 0 Å². The summed E-state index contributed by atoms with van der Waals surface area (Å²) >= 11 is 0. The summed E-state index contributed by atoms with van der Waals surface area (Å²) in [6.45, 7) is 4.18. The van der Waals surface area contributed by atoms with Crippen molar-refractivity contribution in [2.75, 3.05) is 12.4 Å². The first-order chi connectivity index (χ1) is 15.8. The minimum absolute atomic E-state index is 0.00369. The zero-order valence-corrected chi connectivity index (χ0v) is 18.6. The van der Waals surface area contributed by atoms with E-state index >= 15 is 0 Å². The molecule has 5 rings (SSSR count). The zero-order valence-electron chi connectivity index (χ0n) is 18.6. The van der Waals surface area contributed by atoms with Crippen LogP contribution < -0.4 is 10.1 Å².